The van der Waals surface area contributed by atoms with E-state index < -0.39 is 0 Å². The largest absolute Gasteiger partial charge is 0.361 e. The van der Waals surface area contributed by atoms with E-state index in [9.17, 15) is 5.26 Å². The molecule has 0 atom stereocenters. The minimum atomic E-state index is 0.491. The predicted molar refractivity (Wildman–Crippen MR) is 153 cm³/mol. The van der Waals surface area contributed by atoms with Crippen LogP contribution in [-0.2, 0) is 13.0 Å². The number of H-pyrrole nitrogens is 1. The average molecular weight is 500 g/mol. The third-order valence-corrected chi connectivity index (χ3v) is 6.64. The van der Waals surface area contributed by atoms with Crippen molar-refractivity contribution >= 4 is 34.4 Å². The summed E-state index contributed by atoms with van der Waals surface area (Å²) in [5.74, 6) is 0. The van der Waals surface area contributed by atoms with Gasteiger partial charge in [0.15, 0.2) is 0 Å². The quantitative estimate of drug-likeness (QED) is 0.212. The second-order valence-electron chi connectivity index (χ2n) is 9.17. The van der Waals surface area contributed by atoms with E-state index in [2.05, 4.69) is 55.7 Å². The summed E-state index contributed by atoms with van der Waals surface area (Å²) >= 11 is 0. The van der Waals surface area contributed by atoms with Crippen molar-refractivity contribution in [3.05, 3.63) is 113 Å². The van der Waals surface area contributed by atoms with Gasteiger partial charge in [0.1, 0.15) is 6.07 Å². The smallest absolute Gasteiger partial charge is 0.103 e. The number of pyridine rings is 3. The average Bonchev–Trinajstić information content (AvgIpc) is 3.43. The fourth-order valence-corrected chi connectivity index (χ4v) is 4.42. The van der Waals surface area contributed by atoms with Crippen LogP contribution in [0.4, 0.5) is 11.4 Å². The van der Waals surface area contributed by atoms with Crippen LogP contribution in [-0.4, -0.2) is 26.5 Å². The fraction of sp³-hybridized carbons (Fsp3) is 0.161. The van der Waals surface area contributed by atoms with Crippen LogP contribution in [0, 0.1) is 25.2 Å². The molecule has 0 radical (unpaired) electrons. The van der Waals surface area contributed by atoms with E-state index in [1.54, 1.807) is 6.20 Å². The number of aryl methyl sites for hydroxylation is 2. The Kier molecular flexibility index (Phi) is 7.53. The number of hydrogen-bond acceptors (Lipinski definition) is 6. The number of fused-ring (bicyclic) bond motifs is 1. The number of nitrogens with zero attached hydrogens (tertiary/aromatic N) is 4. The monoisotopic (exact) mass is 499 g/mol. The normalized spacial score (nSPS) is 11.2. The van der Waals surface area contributed by atoms with E-state index in [1.807, 2.05) is 74.2 Å². The van der Waals surface area contributed by atoms with Crippen molar-refractivity contribution in [1.29, 1.82) is 5.26 Å². The Balaban J connectivity index is 1.30. The number of aromatic nitrogens is 4. The number of rotatable bonds is 9. The van der Waals surface area contributed by atoms with Crippen molar-refractivity contribution in [3.63, 3.8) is 0 Å². The van der Waals surface area contributed by atoms with E-state index in [1.165, 1.54) is 5.56 Å². The van der Waals surface area contributed by atoms with Crippen molar-refractivity contribution in [2.45, 2.75) is 26.8 Å². The first-order chi connectivity index (χ1) is 18.6. The van der Waals surface area contributed by atoms with Gasteiger partial charge in [-0.2, -0.15) is 5.26 Å². The maximum Gasteiger partial charge on any atom is 0.103 e. The highest BCUT2D eigenvalue weighted by Gasteiger charge is 2.13. The topological polar surface area (TPSA) is 102 Å². The first-order valence-electron chi connectivity index (χ1n) is 12.6. The second-order valence-corrected chi connectivity index (χ2v) is 9.17. The molecule has 0 amide bonds. The standard InChI is InChI=1S/C31H29N7/c1-21-27-12-16-35-30(27)8-7-29(21)38-31-25(17-32)20-36-22(2)28(31)6-5-26-4-3-24(19-37-26)18-34-15-11-23-9-13-33-14-10-23/h3-10,12-14,16,19-20,34-35H,11,15,18H2,1-2H3,(H,36,38). The Bertz CT molecular complexity index is 1610. The maximum absolute atomic E-state index is 9.81. The van der Waals surface area contributed by atoms with Crippen LogP contribution in [0.3, 0.4) is 0 Å². The molecule has 0 aliphatic carbocycles. The Labute approximate surface area is 222 Å². The van der Waals surface area contributed by atoms with Gasteiger partial charge in [-0.25, -0.2) is 0 Å². The molecule has 0 spiro atoms. The lowest BCUT2D eigenvalue weighted by Crippen LogP contribution is -2.16. The van der Waals surface area contributed by atoms with Crippen LogP contribution in [0.15, 0.2) is 73.4 Å². The second kappa shape index (κ2) is 11.5. The lowest BCUT2D eigenvalue weighted by molar-refractivity contribution is 0.685. The Hall–Kier alpha value is -4.80. The molecular weight excluding hydrogens is 470 g/mol. The molecule has 188 valence electrons. The molecule has 3 N–H and O–H groups in total. The number of nitriles is 1. The summed E-state index contributed by atoms with van der Waals surface area (Å²) in [6.45, 7) is 5.67. The molecule has 1 aromatic carbocycles. The van der Waals surface area contributed by atoms with Gasteiger partial charge in [0.25, 0.3) is 0 Å². The van der Waals surface area contributed by atoms with Crippen LogP contribution in [0.2, 0.25) is 0 Å². The van der Waals surface area contributed by atoms with Crippen LogP contribution in [0.1, 0.15) is 39.2 Å². The minimum absolute atomic E-state index is 0.491. The highest BCUT2D eigenvalue weighted by atomic mass is 14.9. The van der Waals surface area contributed by atoms with Crippen LogP contribution >= 0.6 is 0 Å². The number of hydrogen-bond donors (Lipinski definition) is 3. The summed E-state index contributed by atoms with van der Waals surface area (Å²) in [5, 5.41) is 17.9. The molecule has 4 heterocycles. The summed E-state index contributed by atoms with van der Waals surface area (Å²) in [4.78, 5) is 16.4. The van der Waals surface area contributed by atoms with E-state index in [-0.39, 0.29) is 0 Å². The van der Waals surface area contributed by atoms with E-state index in [0.717, 1.165) is 69.9 Å². The van der Waals surface area contributed by atoms with Gasteiger partial charge in [-0.1, -0.05) is 6.07 Å². The highest BCUT2D eigenvalue weighted by molar-refractivity contribution is 5.90. The number of anilines is 2. The minimum Gasteiger partial charge on any atom is -0.361 e. The molecular formula is C31H29N7. The van der Waals surface area contributed by atoms with Crippen molar-refractivity contribution in [2.75, 3.05) is 11.9 Å². The lowest BCUT2D eigenvalue weighted by Gasteiger charge is -2.15. The van der Waals surface area contributed by atoms with E-state index >= 15 is 0 Å². The van der Waals surface area contributed by atoms with Gasteiger partial charge in [0.2, 0.25) is 0 Å². The van der Waals surface area contributed by atoms with Crippen molar-refractivity contribution in [2.24, 2.45) is 0 Å². The molecule has 0 saturated carbocycles. The predicted octanol–water partition coefficient (Wildman–Crippen LogP) is 6.09. The number of nitrogens with one attached hydrogen (secondary N) is 3. The van der Waals surface area contributed by atoms with Gasteiger partial charge in [-0.15, -0.1) is 0 Å². The Morgan fingerprint density at radius 1 is 0.947 bits per heavy atom. The molecule has 5 rings (SSSR count). The van der Waals surface area contributed by atoms with Gasteiger partial charge in [-0.3, -0.25) is 15.0 Å². The molecule has 7 nitrogen and oxygen atoms in total. The molecule has 0 bridgehead atoms. The molecule has 4 aromatic heterocycles. The third kappa shape index (κ3) is 5.61. The summed E-state index contributed by atoms with van der Waals surface area (Å²) < 4.78 is 0. The molecule has 5 aromatic rings. The van der Waals surface area contributed by atoms with Gasteiger partial charge in [0.05, 0.1) is 16.9 Å². The highest BCUT2D eigenvalue weighted by Crippen LogP contribution is 2.32. The zero-order valence-electron chi connectivity index (χ0n) is 21.5. The zero-order valence-corrected chi connectivity index (χ0v) is 21.5. The molecule has 0 saturated heterocycles. The summed E-state index contributed by atoms with van der Waals surface area (Å²) in [5.41, 5.74) is 9.30. The summed E-state index contributed by atoms with van der Waals surface area (Å²) in [6.07, 6.45) is 14.0. The Morgan fingerprint density at radius 3 is 2.61 bits per heavy atom. The molecule has 7 heteroatoms. The van der Waals surface area contributed by atoms with Gasteiger partial charge in [0, 0.05) is 65.4 Å². The van der Waals surface area contributed by atoms with Crippen molar-refractivity contribution in [3.8, 4) is 6.07 Å². The van der Waals surface area contributed by atoms with Crippen molar-refractivity contribution in [1.82, 2.24) is 25.3 Å². The maximum atomic E-state index is 9.81. The molecule has 0 unspecified atom stereocenters. The van der Waals surface area contributed by atoms with Crippen LogP contribution < -0.4 is 10.6 Å². The summed E-state index contributed by atoms with van der Waals surface area (Å²) in [7, 11) is 0. The van der Waals surface area contributed by atoms with Gasteiger partial charge >= 0.3 is 0 Å². The van der Waals surface area contributed by atoms with E-state index in [4.69, 9.17) is 0 Å². The zero-order chi connectivity index (χ0) is 26.3. The fourth-order valence-electron chi connectivity index (χ4n) is 4.42. The summed E-state index contributed by atoms with van der Waals surface area (Å²) in [6, 6.07) is 16.6. The van der Waals surface area contributed by atoms with Gasteiger partial charge in [-0.05, 0) is 92.1 Å². The van der Waals surface area contributed by atoms with Gasteiger partial charge < -0.3 is 15.6 Å². The molecule has 0 aliphatic heterocycles. The van der Waals surface area contributed by atoms with Crippen LogP contribution in [0.5, 0.6) is 0 Å². The lowest BCUT2D eigenvalue weighted by atomic mass is 10.0. The number of benzene rings is 1. The van der Waals surface area contributed by atoms with Crippen LogP contribution in [0.25, 0.3) is 23.1 Å². The molecule has 0 aliphatic rings. The first-order valence-corrected chi connectivity index (χ1v) is 12.6. The van der Waals surface area contributed by atoms with Crippen molar-refractivity contribution < 1.29 is 0 Å². The molecule has 38 heavy (non-hydrogen) atoms. The SMILES string of the molecule is Cc1ncc(C#N)c(Nc2ccc3[nH]ccc3c2C)c1C=Cc1ccc(CNCCc2ccncc2)cn1. The third-order valence-electron chi connectivity index (χ3n) is 6.64. The number of aromatic amines is 1. The Morgan fingerprint density at radius 2 is 1.82 bits per heavy atom. The molecule has 0 fully saturated rings. The van der Waals surface area contributed by atoms with E-state index in [0.29, 0.717) is 5.56 Å². The first kappa shape index (κ1) is 24.9.